The van der Waals surface area contributed by atoms with Gasteiger partial charge in [0.2, 0.25) is 5.88 Å². The number of nitrogens with zero attached hydrogens (tertiary/aromatic N) is 2. The lowest BCUT2D eigenvalue weighted by Gasteiger charge is -2.35. The van der Waals surface area contributed by atoms with E-state index in [0.717, 1.165) is 11.3 Å². The minimum absolute atomic E-state index is 0.0652. The van der Waals surface area contributed by atoms with Crippen molar-refractivity contribution in [2.24, 2.45) is 0 Å². The standard InChI is InChI=1S/C28H26N4O3S2/c1-34-26-14-18(9-11-29-26)16-31-19-7-8-23-25(15-19)36-24-6-2-4-20(27(24)37-23)22-17-32(12-13-35-22)21-5-3-10-30-28(21)33/h2-11,14-15,22,31H,12-13,16-17H2,1H3,(H,30,33). The smallest absolute Gasteiger partial charge is 0.271 e. The average Bonchev–Trinajstić information content (AvgIpc) is 2.95. The molecule has 1 fully saturated rings. The van der Waals surface area contributed by atoms with Crippen LogP contribution in [0.25, 0.3) is 0 Å². The van der Waals surface area contributed by atoms with Crippen molar-refractivity contribution in [3.63, 3.8) is 0 Å². The van der Waals surface area contributed by atoms with Gasteiger partial charge >= 0.3 is 0 Å². The van der Waals surface area contributed by atoms with Crippen LogP contribution in [0.3, 0.4) is 0 Å². The molecule has 2 aliphatic heterocycles. The van der Waals surface area contributed by atoms with E-state index in [1.165, 1.54) is 25.1 Å². The van der Waals surface area contributed by atoms with Gasteiger partial charge in [-0.05, 0) is 53.6 Å². The molecule has 0 amide bonds. The second kappa shape index (κ2) is 10.5. The largest absolute Gasteiger partial charge is 0.481 e. The summed E-state index contributed by atoms with van der Waals surface area (Å²) >= 11 is 3.58. The van der Waals surface area contributed by atoms with E-state index >= 15 is 0 Å². The summed E-state index contributed by atoms with van der Waals surface area (Å²) in [6, 6.07) is 20.6. The number of rotatable bonds is 6. The fourth-order valence-electron chi connectivity index (χ4n) is 4.58. The van der Waals surface area contributed by atoms with E-state index < -0.39 is 0 Å². The molecular formula is C28H26N4O3S2. The van der Waals surface area contributed by atoms with Crippen molar-refractivity contribution in [1.29, 1.82) is 0 Å². The number of morpholine rings is 1. The van der Waals surface area contributed by atoms with Gasteiger partial charge < -0.3 is 24.7 Å². The fraction of sp³-hybridized carbons (Fsp3) is 0.214. The summed E-state index contributed by atoms with van der Waals surface area (Å²) in [7, 11) is 1.63. The minimum Gasteiger partial charge on any atom is -0.481 e. The molecular weight excluding hydrogens is 504 g/mol. The van der Waals surface area contributed by atoms with Crippen LogP contribution in [0.5, 0.6) is 5.88 Å². The molecule has 1 atom stereocenters. The zero-order valence-corrected chi connectivity index (χ0v) is 21.9. The molecule has 7 nitrogen and oxygen atoms in total. The van der Waals surface area contributed by atoms with Gasteiger partial charge in [0.1, 0.15) is 11.8 Å². The topological polar surface area (TPSA) is 79.5 Å². The number of fused-ring (bicyclic) bond motifs is 2. The summed E-state index contributed by atoms with van der Waals surface area (Å²) in [6.45, 7) is 2.61. The van der Waals surface area contributed by atoms with E-state index in [2.05, 4.69) is 56.6 Å². The highest BCUT2D eigenvalue weighted by atomic mass is 32.2. The van der Waals surface area contributed by atoms with Gasteiger partial charge in [-0.25, -0.2) is 4.98 Å². The normalized spacial score (nSPS) is 16.6. The van der Waals surface area contributed by atoms with Crippen molar-refractivity contribution in [3.8, 4) is 5.88 Å². The number of aromatic amines is 1. The lowest BCUT2D eigenvalue weighted by Crippen LogP contribution is -2.41. The first-order valence-electron chi connectivity index (χ1n) is 12.1. The second-order valence-corrected chi connectivity index (χ2v) is 10.9. The van der Waals surface area contributed by atoms with Crippen LogP contribution in [0, 0.1) is 0 Å². The van der Waals surface area contributed by atoms with Gasteiger partial charge in [0, 0.05) is 63.4 Å². The third-order valence-corrected chi connectivity index (χ3v) is 9.05. The fourth-order valence-corrected chi connectivity index (χ4v) is 7.03. The van der Waals surface area contributed by atoms with Gasteiger partial charge in [-0.15, -0.1) is 0 Å². The van der Waals surface area contributed by atoms with Crippen LogP contribution in [0.15, 0.2) is 97.4 Å². The molecule has 0 spiro atoms. The number of anilines is 2. The molecule has 1 saturated heterocycles. The van der Waals surface area contributed by atoms with Crippen LogP contribution >= 0.6 is 23.5 Å². The molecule has 1 unspecified atom stereocenters. The van der Waals surface area contributed by atoms with E-state index in [1.807, 2.05) is 24.3 Å². The third kappa shape index (κ3) is 5.07. The molecule has 0 saturated carbocycles. The van der Waals surface area contributed by atoms with E-state index in [0.29, 0.717) is 37.8 Å². The Kier molecular flexibility index (Phi) is 6.82. The quantitative estimate of drug-likeness (QED) is 0.294. The maximum Gasteiger partial charge on any atom is 0.271 e. The molecule has 0 aliphatic carbocycles. The van der Waals surface area contributed by atoms with Crippen LogP contribution in [0.2, 0.25) is 0 Å². The Labute approximate surface area is 223 Å². The monoisotopic (exact) mass is 530 g/mol. The molecule has 0 radical (unpaired) electrons. The molecule has 2 aromatic carbocycles. The Morgan fingerprint density at radius 3 is 2.95 bits per heavy atom. The lowest BCUT2D eigenvalue weighted by atomic mass is 10.1. The van der Waals surface area contributed by atoms with Crippen molar-refractivity contribution in [3.05, 3.63) is 94.5 Å². The number of aromatic nitrogens is 2. The van der Waals surface area contributed by atoms with Crippen molar-refractivity contribution >= 4 is 34.9 Å². The summed E-state index contributed by atoms with van der Waals surface area (Å²) in [5.74, 6) is 0.616. The van der Waals surface area contributed by atoms with Gasteiger partial charge in [0.05, 0.1) is 13.7 Å². The van der Waals surface area contributed by atoms with Crippen LogP contribution in [0.1, 0.15) is 17.2 Å². The Bertz CT molecular complexity index is 1490. The van der Waals surface area contributed by atoms with Crippen LogP contribution in [-0.4, -0.2) is 36.8 Å². The molecule has 37 heavy (non-hydrogen) atoms. The molecule has 9 heteroatoms. The summed E-state index contributed by atoms with van der Waals surface area (Å²) < 4.78 is 11.4. The first-order valence-corrected chi connectivity index (χ1v) is 13.7. The van der Waals surface area contributed by atoms with Gasteiger partial charge in [-0.2, -0.15) is 0 Å². The molecule has 0 bridgehead atoms. The zero-order chi connectivity index (χ0) is 25.2. The molecule has 4 heterocycles. The molecule has 2 aromatic heterocycles. The van der Waals surface area contributed by atoms with E-state index in [1.54, 1.807) is 43.0 Å². The number of ether oxygens (including phenoxy) is 2. The highest BCUT2D eigenvalue weighted by Crippen LogP contribution is 2.51. The maximum absolute atomic E-state index is 12.4. The summed E-state index contributed by atoms with van der Waals surface area (Å²) in [4.78, 5) is 26.4. The highest BCUT2D eigenvalue weighted by Gasteiger charge is 2.29. The molecule has 2 aliphatic rings. The predicted octanol–water partition coefficient (Wildman–Crippen LogP) is 5.58. The Hall–Kier alpha value is -3.40. The number of H-pyrrole nitrogens is 1. The van der Waals surface area contributed by atoms with Crippen molar-refractivity contribution in [2.45, 2.75) is 32.2 Å². The summed E-state index contributed by atoms with van der Waals surface area (Å²) in [6.07, 6.45) is 3.33. The van der Waals surface area contributed by atoms with Crippen molar-refractivity contribution < 1.29 is 9.47 Å². The number of pyridine rings is 2. The molecule has 6 rings (SSSR count). The average molecular weight is 531 g/mol. The first kappa shape index (κ1) is 24.0. The van der Waals surface area contributed by atoms with Crippen LogP contribution in [0.4, 0.5) is 11.4 Å². The van der Waals surface area contributed by atoms with Gasteiger partial charge in [0.15, 0.2) is 0 Å². The number of methoxy groups -OCH3 is 1. The maximum atomic E-state index is 12.4. The molecule has 188 valence electrons. The number of hydrogen-bond donors (Lipinski definition) is 2. The Morgan fingerprint density at radius 1 is 1.11 bits per heavy atom. The van der Waals surface area contributed by atoms with Crippen molar-refractivity contribution in [1.82, 2.24) is 9.97 Å². The minimum atomic E-state index is -0.101. The highest BCUT2D eigenvalue weighted by molar-refractivity contribution is 8.05. The van der Waals surface area contributed by atoms with Crippen LogP contribution in [-0.2, 0) is 11.3 Å². The first-order chi connectivity index (χ1) is 18.2. The van der Waals surface area contributed by atoms with Gasteiger partial charge in [0.25, 0.3) is 5.56 Å². The molecule has 2 N–H and O–H groups in total. The second-order valence-electron chi connectivity index (χ2n) is 8.79. The molecule has 4 aromatic rings. The van der Waals surface area contributed by atoms with E-state index in [-0.39, 0.29) is 11.7 Å². The van der Waals surface area contributed by atoms with Crippen molar-refractivity contribution in [2.75, 3.05) is 37.0 Å². The Morgan fingerprint density at radius 2 is 2.05 bits per heavy atom. The number of nitrogens with one attached hydrogen (secondary N) is 2. The zero-order valence-electron chi connectivity index (χ0n) is 20.3. The van der Waals surface area contributed by atoms with E-state index in [4.69, 9.17) is 9.47 Å². The number of hydrogen-bond acceptors (Lipinski definition) is 8. The summed E-state index contributed by atoms with van der Waals surface area (Å²) in [5.41, 5.74) is 3.98. The predicted molar refractivity (Wildman–Crippen MR) is 147 cm³/mol. The SMILES string of the molecule is COc1cc(CNc2ccc3c(c2)Sc2cccc(C4CN(c5ccc[nH]c5=O)CCO4)c2S3)ccn1. The Balaban J connectivity index is 1.20. The van der Waals surface area contributed by atoms with Gasteiger partial charge in [-0.1, -0.05) is 35.7 Å². The van der Waals surface area contributed by atoms with E-state index in [9.17, 15) is 4.79 Å². The summed E-state index contributed by atoms with van der Waals surface area (Å²) in [5, 5.41) is 3.51. The number of benzene rings is 2. The third-order valence-electron chi connectivity index (χ3n) is 6.44. The van der Waals surface area contributed by atoms with Gasteiger partial charge in [-0.3, -0.25) is 4.79 Å². The van der Waals surface area contributed by atoms with Crippen LogP contribution < -0.4 is 20.5 Å². The lowest BCUT2D eigenvalue weighted by molar-refractivity contribution is 0.0378.